The van der Waals surface area contributed by atoms with Crippen LogP contribution in [0.1, 0.15) is 40.1 Å². The van der Waals surface area contributed by atoms with Crippen LogP contribution < -0.4 is 0 Å². The van der Waals surface area contributed by atoms with Crippen molar-refractivity contribution < 1.29 is 13.2 Å². The second-order valence-electron chi connectivity index (χ2n) is 6.95. The van der Waals surface area contributed by atoms with Crippen molar-refractivity contribution in [2.24, 2.45) is 0 Å². The molecule has 1 saturated heterocycles. The second kappa shape index (κ2) is 6.29. The molecule has 1 aliphatic heterocycles. The van der Waals surface area contributed by atoms with Crippen LogP contribution >= 0.6 is 11.3 Å². The van der Waals surface area contributed by atoms with Crippen molar-refractivity contribution >= 4 is 27.1 Å². The summed E-state index contributed by atoms with van der Waals surface area (Å²) in [5, 5.41) is 0.967. The minimum atomic E-state index is -3.01. The topological polar surface area (TPSA) is 59.4 Å². The molecule has 0 saturated carbocycles. The number of thiophene rings is 1. The van der Waals surface area contributed by atoms with E-state index in [1.54, 1.807) is 23.3 Å². The summed E-state index contributed by atoms with van der Waals surface area (Å²) in [5.41, 5.74) is 1.96. The highest BCUT2D eigenvalue weighted by Gasteiger charge is 2.35. The quantitative estimate of drug-likeness (QED) is 0.825. The Kier molecular flexibility index (Phi) is 4.24. The van der Waals surface area contributed by atoms with Gasteiger partial charge >= 0.3 is 0 Å². The molecule has 25 heavy (non-hydrogen) atoms. The highest BCUT2D eigenvalue weighted by Crippen LogP contribution is 2.38. The molecule has 2 aromatic heterocycles. The van der Waals surface area contributed by atoms with E-state index < -0.39 is 9.84 Å². The normalized spacial score (nSPS) is 21.9. The number of nitrogens with zero attached hydrogens (tertiary/aromatic N) is 2. The fourth-order valence-corrected chi connectivity index (χ4v) is 6.97. The van der Waals surface area contributed by atoms with Crippen LogP contribution in [0.5, 0.6) is 0 Å². The van der Waals surface area contributed by atoms with Crippen LogP contribution in [0.2, 0.25) is 0 Å². The lowest BCUT2D eigenvalue weighted by molar-refractivity contribution is 0.0747. The first-order valence-electron chi connectivity index (χ1n) is 8.72. The molecule has 134 valence electrons. The molecular weight excluding hydrogens is 356 g/mol. The number of amides is 1. The van der Waals surface area contributed by atoms with Crippen LogP contribution in [-0.2, 0) is 22.7 Å². The van der Waals surface area contributed by atoms with Crippen molar-refractivity contribution in [1.29, 1.82) is 0 Å². The van der Waals surface area contributed by atoms with Gasteiger partial charge in [0.05, 0.1) is 17.1 Å². The average Bonchev–Trinajstić information content (AvgIpc) is 3.30. The Morgan fingerprint density at radius 1 is 1.24 bits per heavy atom. The summed E-state index contributed by atoms with van der Waals surface area (Å²) in [7, 11) is -1.26. The molecule has 1 unspecified atom stereocenters. The van der Waals surface area contributed by atoms with E-state index in [1.807, 2.05) is 29.1 Å². The Bertz CT molecular complexity index is 897. The maximum absolute atomic E-state index is 13.3. The van der Waals surface area contributed by atoms with Gasteiger partial charge in [-0.1, -0.05) is 0 Å². The molecule has 2 aromatic rings. The Morgan fingerprint density at radius 3 is 2.64 bits per heavy atom. The van der Waals surface area contributed by atoms with Gasteiger partial charge in [0.15, 0.2) is 9.84 Å². The molecule has 0 bridgehead atoms. The average molecular weight is 379 g/mol. The molecule has 2 aliphatic rings. The maximum atomic E-state index is 13.3. The van der Waals surface area contributed by atoms with Gasteiger partial charge in [-0.3, -0.25) is 4.79 Å². The van der Waals surface area contributed by atoms with Gasteiger partial charge in [-0.25, -0.2) is 8.42 Å². The summed E-state index contributed by atoms with van der Waals surface area (Å²) >= 11 is 1.70. The fraction of sp³-hybridized carbons (Fsp3) is 0.500. The zero-order valence-electron chi connectivity index (χ0n) is 14.3. The third kappa shape index (κ3) is 3.04. The van der Waals surface area contributed by atoms with E-state index in [4.69, 9.17) is 0 Å². The molecule has 0 aromatic carbocycles. The van der Waals surface area contributed by atoms with Crippen molar-refractivity contribution in [3.63, 3.8) is 0 Å². The van der Waals surface area contributed by atoms with Crippen molar-refractivity contribution in [2.45, 2.75) is 38.1 Å². The molecule has 4 rings (SSSR count). The Labute approximate surface area is 152 Å². The summed E-state index contributed by atoms with van der Waals surface area (Å²) in [4.78, 5) is 16.3. The molecule has 0 N–H and O–H groups in total. The standard InChI is InChI=1S/C18H22N2O3S2/c1-19(13-8-11-25(22,23)12-13)17(21)16-14-6-2-3-7-15(14)24-18(16)20-9-4-5-10-20/h4-5,9-10,13H,2-3,6-8,11-12H2,1H3. The highest BCUT2D eigenvalue weighted by atomic mass is 32.2. The Balaban J connectivity index is 1.73. The van der Waals surface area contributed by atoms with E-state index in [0.29, 0.717) is 6.42 Å². The van der Waals surface area contributed by atoms with Gasteiger partial charge in [-0.15, -0.1) is 11.3 Å². The number of hydrogen-bond acceptors (Lipinski definition) is 4. The largest absolute Gasteiger partial charge is 0.338 e. The monoisotopic (exact) mass is 378 g/mol. The Morgan fingerprint density at radius 2 is 1.96 bits per heavy atom. The first-order chi connectivity index (χ1) is 12.0. The Hall–Kier alpha value is -1.60. The van der Waals surface area contributed by atoms with Gasteiger partial charge in [-0.2, -0.15) is 0 Å². The van der Waals surface area contributed by atoms with Gasteiger partial charge in [0.1, 0.15) is 5.00 Å². The number of carbonyl (C=O) groups is 1. The van der Waals surface area contributed by atoms with E-state index in [1.165, 1.54) is 16.9 Å². The first-order valence-corrected chi connectivity index (χ1v) is 11.4. The summed E-state index contributed by atoms with van der Waals surface area (Å²) in [6.45, 7) is 0. The zero-order valence-corrected chi connectivity index (χ0v) is 15.9. The second-order valence-corrected chi connectivity index (χ2v) is 10.3. The van der Waals surface area contributed by atoms with Crippen LogP contribution in [0, 0.1) is 0 Å². The molecule has 7 heteroatoms. The van der Waals surface area contributed by atoms with Crippen molar-refractivity contribution in [1.82, 2.24) is 9.47 Å². The van der Waals surface area contributed by atoms with Crippen LogP contribution in [0.15, 0.2) is 24.5 Å². The van der Waals surface area contributed by atoms with Crippen molar-refractivity contribution in [3.8, 4) is 5.00 Å². The van der Waals surface area contributed by atoms with Crippen LogP contribution in [0.25, 0.3) is 5.00 Å². The molecule has 1 fully saturated rings. The molecular formula is C18H22N2O3S2. The van der Waals surface area contributed by atoms with Crippen LogP contribution in [0.3, 0.4) is 0 Å². The third-order valence-electron chi connectivity index (χ3n) is 5.28. The first kappa shape index (κ1) is 16.8. The molecule has 1 amide bonds. The van der Waals surface area contributed by atoms with E-state index in [9.17, 15) is 13.2 Å². The number of aryl methyl sites for hydroxylation is 1. The van der Waals surface area contributed by atoms with Gasteiger partial charge < -0.3 is 9.47 Å². The van der Waals surface area contributed by atoms with Crippen LogP contribution in [-0.4, -0.2) is 48.4 Å². The minimum absolute atomic E-state index is 0.0369. The van der Waals surface area contributed by atoms with Gasteiger partial charge in [0.25, 0.3) is 5.91 Å². The number of hydrogen-bond donors (Lipinski definition) is 0. The lowest BCUT2D eigenvalue weighted by Crippen LogP contribution is -2.38. The number of aromatic nitrogens is 1. The van der Waals surface area contributed by atoms with Crippen molar-refractivity contribution in [3.05, 3.63) is 40.5 Å². The molecule has 0 radical (unpaired) electrons. The summed E-state index contributed by atoms with van der Waals surface area (Å²) in [5.74, 6) is 0.229. The van der Waals surface area contributed by atoms with E-state index in [2.05, 4.69) is 0 Å². The van der Waals surface area contributed by atoms with Crippen LogP contribution in [0.4, 0.5) is 0 Å². The van der Waals surface area contributed by atoms with E-state index in [-0.39, 0.29) is 23.5 Å². The van der Waals surface area contributed by atoms with Crippen molar-refractivity contribution in [2.75, 3.05) is 18.6 Å². The molecule has 5 nitrogen and oxygen atoms in total. The molecule has 3 heterocycles. The van der Waals surface area contributed by atoms with Gasteiger partial charge in [0.2, 0.25) is 0 Å². The van der Waals surface area contributed by atoms with E-state index in [0.717, 1.165) is 29.8 Å². The summed E-state index contributed by atoms with van der Waals surface area (Å²) in [6, 6.07) is 3.70. The zero-order chi connectivity index (χ0) is 17.6. The number of rotatable bonds is 3. The highest BCUT2D eigenvalue weighted by molar-refractivity contribution is 7.91. The molecule has 0 spiro atoms. The van der Waals surface area contributed by atoms with Gasteiger partial charge in [-0.05, 0) is 49.8 Å². The van der Waals surface area contributed by atoms with E-state index >= 15 is 0 Å². The smallest absolute Gasteiger partial charge is 0.257 e. The predicted molar refractivity (Wildman–Crippen MR) is 99.4 cm³/mol. The molecule has 1 atom stereocenters. The SMILES string of the molecule is CN(C(=O)c1c(-n2cccc2)sc2c1CCCC2)C1CCS(=O)(=O)C1. The minimum Gasteiger partial charge on any atom is -0.338 e. The lowest BCUT2D eigenvalue weighted by atomic mass is 9.94. The fourth-order valence-electron chi connectivity index (χ4n) is 3.85. The summed E-state index contributed by atoms with van der Waals surface area (Å²) in [6.07, 6.45) is 8.71. The molecule has 1 aliphatic carbocycles. The van der Waals surface area contributed by atoms with Gasteiger partial charge in [0, 0.05) is 30.4 Å². The number of sulfone groups is 1. The number of carbonyl (C=O) groups excluding carboxylic acids is 1. The maximum Gasteiger partial charge on any atom is 0.257 e. The lowest BCUT2D eigenvalue weighted by Gasteiger charge is -2.25. The third-order valence-corrected chi connectivity index (χ3v) is 8.34. The predicted octanol–water partition coefficient (Wildman–Crippen LogP) is 2.68. The number of fused-ring (bicyclic) bond motifs is 1. The summed E-state index contributed by atoms with van der Waals surface area (Å²) < 4.78 is 25.6.